The first-order chi connectivity index (χ1) is 9.72. The van der Waals surface area contributed by atoms with Crippen LogP contribution in [-0.2, 0) is 18.5 Å². The average molecular weight is 275 g/mol. The van der Waals surface area contributed by atoms with Gasteiger partial charge in [-0.25, -0.2) is 0 Å². The van der Waals surface area contributed by atoms with Crippen molar-refractivity contribution >= 4 is 0 Å². The quantitative estimate of drug-likeness (QED) is 0.880. The molecule has 0 aromatic carbocycles. The molecule has 0 amide bonds. The minimum atomic E-state index is 0.158. The molecule has 4 nitrogen and oxygen atoms in total. The average Bonchev–Trinajstić information content (AvgIpc) is 2.81. The predicted octanol–water partition coefficient (Wildman–Crippen LogP) is 1.80. The maximum Gasteiger partial charge on any atom is 0.0763 e. The third-order valence-corrected chi connectivity index (χ3v) is 5.93. The summed E-state index contributed by atoms with van der Waals surface area (Å²) in [4.78, 5) is 0. The van der Waals surface area contributed by atoms with Gasteiger partial charge in [0.05, 0.1) is 18.8 Å². The molecule has 4 fully saturated rings. The van der Waals surface area contributed by atoms with Crippen LogP contribution in [0.1, 0.15) is 49.9 Å². The Morgan fingerprint density at radius 2 is 1.80 bits per heavy atom. The number of aliphatic hydroxyl groups excluding tert-OH is 1. The second-order valence-electron chi connectivity index (χ2n) is 7.37. The van der Waals surface area contributed by atoms with Gasteiger partial charge in [-0.2, -0.15) is 5.10 Å². The van der Waals surface area contributed by atoms with Gasteiger partial charge in [0, 0.05) is 17.7 Å². The molecule has 4 heteroatoms. The SMILES string of the molecule is NCc1cc(C23CC4CC(CC(C4)C2)C3)n(CCO)n1. The summed E-state index contributed by atoms with van der Waals surface area (Å²) < 4.78 is 2.05. The molecule has 0 unspecified atom stereocenters. The van der Waals surface area contributed by atoms with Gasteiger partial charge >= 0.3 is 0 Å². The van der Waals surface area contributed by atoms with Crippen molar-refractivity contribution in [3.63, 3.8) is 0 Å². The number of aromatic nitrogens is 2. The molecule has 0 aliphatic heterocycles. The van der Waals surface area contributed by atoms with E-state index in [0.29, 0.717) is 18.5 Å². The number of nitrogens with two attached hydrogens (primary N) is 1. The van der Waals surface area contributed by atoms with Gasteiger partial charge in [-0.15, -0.1) is 0 Å². The van der Waals surface area contributed by atoms with Crippen molar-refractivity contribution in [3.8, 4) is 0 Å². The molecular formula is C16H25N3O. The highest BCUT2D eigenvalue weighted by molar-refractivity contribution is 5.25. The highest BCUT2D eigenvalue weighted by Gasteiger charge is 2.52. The summed E-state index contributed by atoms with van der Waals surface area (Å²) in [5.41, 5.74) is 8.46. The fourth-order valence-corrected chi connectivity index (χ4v) is 5.69. The summed E-state index contributed by atoms with van der Waals surface area (Å²) in [6.45, 7) is 1.26. The van der Waals surface area contributed by atoms with Crippen LogP contribution in [0.2, 0.25) is 0 Å². The standard InChI is InChI=1S/C16H25N3O/c17-10-14-6-15(19(18-14)1-2-20)16-7-11-3-12(8-16)5-13(4-11)9-16/h6,11-13,20H,1-5,7-10,17H2. The topological polar surface area (TPSA) is 64.1 Å². The first-order valence-corrected chi connectivity index (χ1v) is 8.10. The van der Waals surface area contributed by atoms with E-state index in [-0.39, 0.29) is 6.61 Å². The molecule has 1 aromatic rings. The highest BCUT2D eigenvalue weighted by Crippen LogP contribution is 2.60. The van der Waals surface area contributed by atoms with Gasteiger partial charge in [-0.05, 0) is 62.3 Å². The molecule has 4 saturated carbocycles. The summed E-state index contributed by atoms with van der Waals surface area (Å²) in [6, 6.07) is 2.22. The smallest absolute Gasteiger partial charge is 0.0763 e. The van der Waals surface area contributed by atoms with Crippen LogP contribution in [0.4, 0.5) is 0 Å². The Hall–Kier alpha value is -0.870. The first kappa shape index (κ1) is 12.8. The zero-order valence-electron chi connectivity index (χ0n) is 12.1. The normalized spacial score (nSPS) is 38.6. The zero-order valence-corrected chi connectivity index (χ0v) is 12.1. The Morgan fingerprint density at radius 3 is 2.30 bits per heavy atom. The van der Waals surface area contributed by atoms with Crippen LogP contribution in [0.15, 0.2) is 6.07 Å². The highest BCUT2D eigenvalue weighted by atomic mass is 16.3. The molecular weight excluding hydrogens is 250 g/mol. The van der Waals surface area contributed by atoms with Gasteiger partial charge in [0.15, 0.2) is 0 Å². The molecule has 1 heterocycles. The van der Waals surface area contributed by atoms with E-state index in [2.05, 4.69) is 15.8 Å². The van der Waals surface area contributed by atoms with Crippen molar-refractivity contribution in [2.75, 3.05) is 6.61 Å². The van der Waals surface area contributed by atoms with Gasteiger partial charge < -0.3 is 10.8 Å². The molecule has 4 aliphatic rings. The second-order valence-corrected chi connectivity index (χ2v) is 7.37. The van der Waals surface area contributed by atoms with E-state index < -0.39 is 0 Å². The number of aliphatic hydroxyl groups is 1. The van der Waals surface area contributed by atoms with Crippen LogP contribution in [0.3, 0.4) is 0 Å². The summed E-state index contributed by atoms with van der Waals surface area (Å²) in [5, 5.41) is 13.9. The number of nitrogens with zero attached hydrogens (tertiary/aromatic N) is 2. The maximum atomic E-state index is 9.32. The molecule has 0 saturated heterocycles. The molecule has 4 aliphatic carbocycles. The second kappa shape index (κ2) is 4.57. The minimum absolute atomic E-state index is 0.158. The molecule has 3 N–H and O–H groups in total. The van der Waals surface area contributed by atoms with Crippen molar-refractivity contribution in [3.05, 3.63) is 17.5 Å². The summed E-state index contributed by atoms with van der Waals surface area (Å²) in [5.74, 6) is 2.79. The van der Waals surface area contributed by atoms with Crippen LogP contribution in [0.25, 0.3) is 0 Å². The fraction of sp³-hybridized carbons (Fsp3) is 0.812. The lowest BCUT2D eigenvalue weighted by Gasteiger charge is -2.56. The third-order valence-electron chi connectivity index (χ3n) is 5.93. The fourth-order valence-electron chi connectivity index (χ4n) is 5.69. The molecule has 110 valence electrons. The molecule has 1 aromatic heterocycles. The lowest BCUT2D eigenvalue weighted by atomic mass is 9.49. The van der Waals surface area contributed by atoms with E-state index in [4.69, 9.17) is 5.73 Å². The van der Waals surface area contributed by atoms with E-state index in [1.807, 2.05) is 0 Å². The summed E-state index contributed by atoms with van der Waals surface area (Å²) in [7, 11) is 0. The lowest BCUT2D eigenvalue weighted by molar-refractivity contribution is -0.00961. The van der Waals surface area contributed by atoms with Crippen LogP contribution < -0.4 is 5.73 Å². The Balaban J connectivity index is 1.74. The van der Waals surface area contributed by atoms with Crippen molar-refractivity contribution < 1.29 is 5.11 Å². The summed E-state index contributed by atoms with van der Waals surface area (Å²) in [6.07, 6.45) is 8.37. The largest absolute Gasteiger partial charge is 0.394 e. The van der Waals surface area contributed by atoms with E-state index in [0.717, 1.165) is 23.4 Å². The van der Waals surface area contributed by atoms with Crippen LogP contribution in [-0.4, -0.2) is 21.5 Å². The zero-order chi connectivity index (χ0) is 13.7. The lowest BCUT2D eigenvalue weighted by Crippen LogP contribution is -2.49. The monoisotopic (exact) mass is 275 g/mol. The number of rotatable bonds is 4. The molecule has 0 atom stereocenters. The Labute approximate surface area is 120 Å². The first-order valence-electron chi connectivity index (χ1n) is 8.10. The molecule has 0 radical (unpaired) electrons. The predicted molar refractivity (Wildman–Crippen MR) is 77.1 cm³/mol. The van der Waals surface area contributed by atoms with Crippen molar-refractivity contribution in [2.45, 2.75) is 57.0 Å². The van der Waals surface area contributed by atoms with Gasteiger partial charge in [-0.1, -0.05) is 0 Å². The van der Waals surface area contributed by atoms with Gasteiger partial charge in [-0.3, -0.25) is 4.68 Å². The van der Waals surface area contributed by atoms with Crippen LogP contribution in [0, 0.1) is 17.8 Å². The van der Waals surface area contributed by atoms with Gasteiger partial charge in [0.1, 0.15) is 0 Å². The van der Waals surface area contributed by atoms with Crippen LogP contribution in [0.5, 0.6) is 0 Å². The van der Waals surface area contributed by atoms with Gasteiger partial charge in [0.2, 0.25) is 0 Å². The molecule has 20 heavy (non-hydrogen) atoms. The Morgan fingerprint density at radius 1 is 1.20 bits per heavy atom. The Kier molecular flexibility index (Phi) is 2.93. The van der Waals surface area contributed by atoms with E-state index in [9.17, 15) is 5.11 Å². The van der Waals surface area contributed by atoms with Crippen molar-refractivity contribution in [1.29, 1.82) is 0 Å². The van der Waals surface area contributed by atoms with Crippen molar-refractivity contribution in [1.82, 2.24) is 9.78 Å². The number of hydrogen-bond donors (Lipinski definition) is 2. The number of hydrogen-bond acceptors (Lipinski definition) is 3. The van der Waals surface area contributed by atoms with E-state index in [1.54, 1.807) is 0 Å². The maximum absolute atomic E-state index is 9.32. The minimum Gasteiger partial charge on any atom is -0.394 e. The van der Waals surface area contributed by atoms with E-state index in [1.165, 1.54) is 44.2 Å². The summed E-state index contributed by atoms with van der Waals surface area (Å²) >= 11 is 0. The molecule has 0 spiro atoms. The van der Waals surface area contributed by atoms with E-state index >= 15 is 0 Å². The van der Waals surface area contributed by atoms with Crippen molar-refractivity contribution in [2.24, 2.45) is 23.5 Å². The Bertz CT molecular complexity index is 473. The molecule has 4 bridgehead atoms. The molecule has 5 rings (SSSR count). The van der Waals surface area contributed by atoms with Crippen LogP contribution >= 0.6 is 0 Å². The third kappa shape index (κ3) is 1.85. The van der Waals surface area contributed by atoms with Gasteiger partial charge in [0.25, 0.3) is 0 Å².